The maximum atomic E-state index is 13.5. The lowest BCUT2D eigenvalue weighted by atomic mass is 10.1. The van der Waals surface area contributed by atoms with Gasteiger partial charge in [-0.2, -0.15) is 0 Å². The molecule has 1 aromatic rings. The first kappa shape index (κ1) is 15.1. The molecule has 1 aliphatic rings. The predicted molar refractivity (Wildman–Crippen MR) is 73.1 cm³/mol. The first-order valence-electron chi connectivity index (χ1n) is 6.67. The van der Waals surface area contributed by atoms with Crippen LogP contribution < -0.4 is 0 Å². The van der Waals surface area contributed by atoms with Crippen LogP contribution in [0.25, 0.3) is 0 Å². The van der Waals surface area contributed by atoms with Crippen molar-refractivity contribution in [2.24, 2.45) is 0 Å². The fraction of sp³-hybridized carbons (Fsp3) is 0.533. The number of methoxy groups -OCH3 is 2. The normalized spacial score (nSPS) is 23.1. The number of benzene rings is 1. The molecule has 2 atom stereocenters. The largest absolute Gasteiger partial charge is 0.377 e. The van der Waals surface area contributed by atoms with Crippen molar-refractivity contribution >= 4 is 5.78 Å². The number of carbonyl (C=O) groups is 1. The van der Waals surface area contributed by atoms with Crippen molar-refractivity contribution in [1.29, 1.82) is 0 Å². The Labute approximate surface area is 118 Å². The molecule has 1 aliphatic heterocycles. The third kappa shape index (κ3) is 3.62. The number of nitrogens with zero attached hydrogens (tertiary/aromatic N) is 1. The lowest BCUT2D eigenvalue weighted by Crippen LogP contribution is -2.30. The number of hydrogen-bond donors (Lipinski definition) is 0. The number of carbonyl (C=O) groups excluding carboxylic acids is 1. The van der Waals surface area contributed by atoms with E-state index in [4.69, 9.17) is 9.47 Å². The molecule has 2 rings (SSSR count). The molecule has 110 valence electrons. The summed E-state index contributed by atoms with van der Waals surface area (Å²) >= 11 is 0. The number of likely N-dealkylation sites (tertiary alicyclic amines) is 1. The van der Waals surface area contributed by atoms with Gasteiger partial charge in [0.05, 0.1) is 18.8 Å². The lowest BCUT2D eigenvalue weighted by molar-refractivity contribution is -0.119. The van der Waals surface area contributed by atoms with Gasteiger partial charge in [-0.3, -0.25) is 9.69 Å². The van der Waals surface area contributed by atoms with Crippen molar-refractivity contribution in [2.75, 3.05) is 33.9 Å². The second-order valence-corrected chi connectivity index (χ2v) is 5.05. The summed E-state index contributed by atoms with van der Waals surface area (Å²) in [5.74, 6) is -0.325. The van der Waals surface area contributed by atoms with Crippen LogP contribution in [-0.4, -0.2) is 56.7 Å². The number of halogens is 1. The summed E-state index contributed by atoms with van der Waals surface area (Å²) in [6.45, 7) is 1.63. The first-order chi connectivity index (χ1) is 9.63. The average Bonchev–Trinajstić information content (AvgIpc) is 2.83. The Morgan fingerprint density at radius 1 is 1.25 bits per heavy atom. The third-order valence-corrected chi connectivity index (χ3v) is 3.64. The Morgan fingerprint density at radius 2 is 1.85 bits per heavy atom. The van der Waals surface area contributed by atoms with Crippen LogP contribution in [0.4, 0.5) is 4.39 Å². The molecule has 1 heterocycles. The van der Waals surface area contributed by atoms with Crippen LogP contribution >= 0.6 is 0 Å². The van der Waals surface area contributed by atoms with E-state index < -0.39 is 0 Å². The first-order valence-corrected chi connectivity index (χ1v) is 6.67. The van der Waals surface area contributed by atoms with Gasteiger partial charge < -0.3 is 9.47 Å². The fourth-order valence-electron chi connectivity index (χ4n) is 2.56. The molecule has 0 spiro atoms. The zero-order valence-electron chi connectivity index (χ0n) is 11.8. The lowest BCUT2D eigenvalue weighted by Gasteiger charge is -2.14. The maximum Gasteiger partial charge on any atom is 0.151 e. The number of hydrogen-bond acceptors (Lipinski definition) is 4. The van der Waals surface area contributed by atoms with Gasteiger partial charge in [0.2, 0.25) is 0 Å². The minimum absolute atomic E-state index is 0.00158. The number of ketones is 1. The van der Waals surface area contributed by atoms with Crippen molar-refractivity contribution in [3.8, 4) is 0 Å². The van der Waals surface area contributed by atoms with Crippen LogP contribution in [0.5, 0.6) is 0 Å². The monoisotopic (exact) mass is 281 g/mol. The van der Waals surface area contributed by atoms with Gasteiger partial charge in [-0.05, 0) is 11.6 Å². The van der Waals surface area contributed by atoms with Crippen molar-refractivity contribution in [3.05, 3.63) is 35.6 Å². The third-order valence-electron chi connectivity index (χ3n) is 3.64. The number of ether oxygens (including phenoxy) is 2. The standard InChI is InChI=1S/C15H20FNO3/c1-19-14-9-17(10-15(14)20-2)8-12(18)7-11-5-3-4-6-13(11)16/h3-6,14-15H,7-10H2,1-2H3. The van der Waals surface area contributed by atoms with E-state index in [1.54, 1.807) is 32.4 Å². The van der Waals surface area contributed by atoms with Gasteiger partial charge in [-0.1, -0.05) is 18.2 Å². The summed E-state index contributed by atoms with van der Waals surface area (Å²) in [7, 11) is 3.28. The Bertz CT molecular complexity index is 454. The maximum absolute atomic E-state index is 13.5. The zero-order valence-corrected chi connectivity index (χ0v) is 11.8. The highest BCUT2D eigenvalue weighted by Crippen LogP contribution is 2.16. The Morgan fingerprint density at radius 3 is 2.40 bits per heavy atom. The summed E-state index contributed by atoms with van der Waals surface area (Å²) in [6, 6.07) is 6.38. The summed E-state index contributed by atoms with van der Waals surface area (Å²) in [6.07, 6.45) is 0.0980. The minimum Gasteiger partial charge on any atom is -0.377 e. The molecular formula is C15H20FNO3. The Kier molecular flexibility index (Phi) is 5.23. The number of rotatable bonds is 6. The zero-order chi connectivity index (χ0) is 14.5. The van der Waals surface area contributed by atoms with Crippen molar-refractivity contribution in [2.45, 2.75) is 18.6 Å². The van der Waals surface area contributed by atoms with Crippen molar-refractivity contribution in [1.82, 2.24) is 4.90 Å². The van der Waals surface area contributed by atoms with E-state index >= 15 is 0 Å². The summed E-state index contributed by atoms with van der Waals surface area (Å²) in [4.78, 5) is 14.0. The van der Waals surface area contributed by atoms with Crippen LogP contribution in [0.1, 0.15) is 5.56 Å². The molecule has 0 saturated carbocycles. The smallest absolute Gasteiger partial charge is 0.151 e. The Balaban J connectivity index is 1.88. The number of Topliss-reactive ketones (excluding diaryl/α,β-unsaturated/α-hetero) is 1. The molecule has 1 saturated heterocycles. The van der Waals surface area contributed by atoms with E-state index in [-0.39, 0.29) is 30.2 Å². The van der Waals surface area contributed by atoms with Crippen molar-refractivity contribution in [3.63, 3.8) is 0 Å². The molecule has 0 aromatic heterocycles. The van der Waals surface area contributed by atoms with Crippen LogP contribution in [0.15, 0.2) is 24.3 Å². The quantitative estimate of drug-likeness (QED) is 0.787. The highest BCUT2D eigenvalue weighted by atomic mass is 19.1. The topological polar surface area (TPSA) is 38.8 Å². The Hall–Kier alpha value is -1.30. The molecule has 20 heavy (non-hydrogen) atoms. The SMILES string of the molecule is COC1CN(CC(=O)Cc2ccccc2F)CC1OC. The minimum atomic E-state index is -0.327. The van der Waals surface area contributed by atoms with Gasteiger partial charge in [0, 0.05) is 33.7 Å². The van der Waals surface area contributed by atoms with E-state index in [2.05, 4.69) is 0 Å². The van der Waals surface area contributed by atoms with E-state index in [1.807, 2.05) is 4.90 Å². The van der Waals surface area contributed by atoms with Gasteiger partial charge in [-0.15, -0.1) is 0 Å². The van der Waals surface area contributed by atoms with E-state index in [1.165, 1.54) is 6.07 Å². The highest BCUT2D eigenvalue weighted by Gasteiger charge is 2.33. The van der Waals surface area contributed by atoms with Crippen LogP contribution in [-0.2, 0) is 20.7 Å². The molecule has 2 unspecified atom stereocenters. The predicted octanol–water partition coefficient (Wildman–Crippen LogP) is 1.28. The van der Waals surface area contributed by atoms with Crippen LogP contribution in [0, 0.1) is 5.82 Å². The molecule has 0 radical (unpaired) electrons. The summed E-state index contributed by atoms with van der Waals surface area (Å²) in [5, 5.41) is 0. The van der Waals surface area contributed by atoms with E-state index in [0.717, 1.165) is 0 Å². The molecule has 0 aliphatic carbocycles. The fourth-order valence-corrected chi connectivity index (χ4v) is 2.56. The molecule has 0 bridgehead atoms. The molecular weight excluding hydrogens is 261 g/mol. The van der Waals surface area contributed by atoms with Gasteiger partial charge in [-0.25, -0.2) is 4.39 Å². The molecule has 1 aromatic carbocycles. The summed E-state index contributed by atoms with van der Waals surface area (Å²) in [5.41, 5.74) is 0.447. The molecule has 4 nitrogen and oxygen atoms in total. The average molecular weight is 281 g/mol. The summed E-state index contributed by atoms with van der Waals surface area (Å²) < 4.78 is 24.1. The van der Waals surface area contributed by atoms with Gasteiger partial charge in [0.15, 0.2) is 5.78 Å². The van der Waals surface area contributed by atoms with Crippen molar-refractivity contribution < 1.29 is 18.7 Å². The van der Waals surface area contributed by atoms with Crippen LogP contribution in [0.2, 0.25) is 0 Å². The second-order valence-electron chi connectivity index (χ2n) is 5.05. The molecule has 0 amide bonds. The molecule has 1 fully saturated rings. The highest BCUT2D eigenvalue weighted by molar-refractivity contribution is 5.82. The molecule has 0 N–H and O–H groups in total. The van der Waals surface area contributed by atoms with Crippen LogP contribution in [0.3, 0.4) is 0 Å². The van der Waals surface area contributed by atoms with Gasteiger partial charge >= 0.3 is 0 Å². The second kappa shape index (κ2) is 6.92. The van der Waals surface area contributed by atoms with E-state index in [0.29, 0.717) is 25.2 Å². The van der Waals surface area contributed by atoms with Gasteiger partial charge in [0.1, 0.15) is 5.82 Å². The molecule has 5 heteroatoms. The van der Waals surface area contributed by atoms with Gasteiger partial charge in [0.25, 0.3) is 0 Å². The van der Waals surface area contributed by atoms with E-state index in [9.17, 15) is 9.18 Å².